The maximum absolute atomic E-state index is 12.7. The summed E-state index contributed by atoms with van der Waals surface area (Å²) in [6.07, 6.45) is 4.68. The molecule has 0 saturated carbocycles. The minimum Gasteiger partial charge on any atom is -0.437 e. The molecule has 4 rings (SSSR count). The maximum Gasteiger partial charge on any atom is 0.275 e. The lowest BCUT2D eigenvalue weighted by molar-refractivity contribution is 0.102. The van der Waals surface area contributed by atoms with E-state index in [2.05, 4.69) is 35.7 Å². The van der Waals surface area contributed by atoms with Crippen LogP contribution < -0.4 is 10.1 Å². The van der Waals surface area contributed by atoms with Gasteiger partial charge in [0, 0.05) is 30.6 Å². The van der Waals surface area contributed by atoms with E-state index in [4.69, 9.17) is 4.74 Å². The van der Waals surface area contributed by atoms with Crippen LogP contribution in [0.5, 0.6) is 11.6 Å². The summed E-state index contributed by atoms with van der Waals surface area (Å²) >= 11 is 0. The molecule has 150 valence electrons. The Morgan fingerprint density at radius 2 is 1.97 bits per heavy atom. The average Bonchev–Trinajstić information content (AvgIpc) is 3.25. The molecule has 0 unspecified atom stereocenters. The van der Waals surface area contributed by atoms with E-state index < -0.39 is 5.91 Å². The van der Waals surface area contributed by atoms with Gasteiger partial charge < -0.3 is 14.6 Å². The molecule has 0 aliphatic carbocycles. The van der Waals surface area contributed by atoms with Gasteiger partial charge in [-0.05, 0) is 38.1 Å². The molecule has 4 aromatic rings. The molecule has 0 aromatic carbocycles. The van der Waals surface area contributed by atoms with Gasteiger partial charge in [0.25, 0.3) is 5.91 Å². The van der Waals surface area contributed by atoms with E-state index in [9.17, 15) is 4.79 Å². The first-order valence-corrected chi connectivity index (χ1v) is 9.20. The van der Waals surface area contributed by atoms with E-state index >= 15 is 0 Å². The number of carbonyl (C=O) groups is 1. The number of nitrogens with zero attached hydrogens (tertiary/aromatic N) is 7. The third-order valence-electron chi connectivity index (χ3n) is 4.08. The van der Waals surface area contributed by atoms with Crippen LogP contribution >= 0.6 is 0 Å². The van der Waals surface area contributed by atoms with Crippen LogP contribution in [0.2, 0.25) is 0 Å². The van der Waals surface area contributed by atoms with Gasteiger partial charge in [-0.2, -0.15) is 5.10 Å². The molecule has 0 radical (unpaired) electrons. The van der Waals surface area contributed by atoms with Crippen molar-refractivity contribution < 1.29 is 9.53 Å². The Labute approximate surface area is 172 Å². The molecule has 4 aromatic heterocycles. The van der Waals surface area contributed by atoms with Crippen LogP contribution in [0, 0.1) is 0 Å². The number of amides is 1. The van der Waals surface area contributed by atoms with Gasteiger partial charge in [0.15, 0.2) is 5.82 Å². The number of aromatic nitrogens is 7. The SMILES string of the molecule is CC(C)n1cnnc1-c1cccc(NC(=O)c2cc(Oc3cccnn3)ccn2)n1. The summed E-state index contributed by atoms with van der Waals surface area (Å²) in [6, 6.07) is 12.0. The first-order valence-electron chi connectivity index (χ1n) is 9.20. The largest absolute Gasteiger partial charge is 0.437 e. The molecule has 0 fully saturated rings. The number of nitrogens with one attached hydrogen (secondary N) is 1. The number of hydrogen-bond acceptors (Lipinski definition) is 8. The van der Waals surface area contributed by atoms with E-state index in [1.165, 1.54) is 12.3 Å². The van der Waals surface area contributed by atoms with Gasteiger partial charge in [0.2, 0.25) is 5.88 Å². The van der Waals surface area contributed by atoms with E-state index in [1.54, 1.807) is 42.9 Å². The second kappa shape index (κ2) is 8.43. The molecular weight excluding hydrogens is 384 g/mol. The molecular formula is C20H18N8O2. The Morgan fingerprint density at radius 3 is 2.77 bits per heavy atom. The van der Waals surface area contributed by atoms with Gasteiger partial charge in [-0.3, -0.25) is 9.78 Å². The molecule has 0 aliphatic heterocycles. The molecule has 10 heteroatoms. The highest BCUT2D eigenvalue weighted by molar-refractivity contribution is 6.02. The van der Waals surface area contributed by atoms with Gasteiger partial charge in [0.05, 0.1) is 0 Å². The fraction of sp³-hybridized carbons (Fsp3) is 0.150. The van der Waals surface area contributed by atoms with Gasteiger partial charge >= 0.3 is 0 Å². The van der Waals surface area contributed by atoms with Crippen molar-refractivity contribution in [1.82, 2.24) is 34.9 Å². The standard InChI is InChI=1S/C20H18N8O2/c1-13(2)28-12-23-27-19(28)15-5-3-6-17(24-15)25-20(29)16-11-14(8-10-21-16)30-18-7-4-9-22-26-18/h3-13H,1-2H3,(H,24,25,29). The minimum atomic E-state index is -0.422. The fourth-order valence-corrected chi connectivity index (χ4v) is 2.67. The van der Waals surface area contributed by atoms with E-state index in [0.717, 1.165) is 0 Å². The van der Waals surface area contributed by atoms with Crippen molar-refractivity contribution in [3.8, 4) is 23.1 Å². The second-order valence-corrected chi connectivity index (χ2v) is 6.56. The number of ether oxygens (including phenoxy) is 1. The molecule has 4 heterocycles. The molecule has 0 spiro atoms. The molecule has 1 amide bonds. The zero-order chi connectivity index (χ0) is 20.9. The third kappa shape index (κ3) is 4.27. The van der Waals surface area contributed by atoms with Crippen LogP contribution in [0.15, 0.2) is 61.2 Å². The van der Waals surface area contributed by atoms with Gasteiger partial charge in [-0.15, -0.1) is 15.3 Å². The zero-order valence-corrected chi connectivity index (χ0v) is 16.3. The van der Waals surface area contributed by atoms with Crippen LogP contribution in [-0.2, 0) is 0 Å². The van der Waals surface area contributed by atoms with Crippen LogP contribution in [0.1, 0.15) is 30.4 Å². The van der Waals surface area contributed by atoms with Crippen molar-refractivity contribution in [3.05, 3.63) is 66.9 Å². The molecule has 1 N–H and O–H groups in total. The van der Waals surface area contributed by atoms with E-state index in [1.807, 2.05) is 24.5 Å². The Balaban J connectivity index is 1.52. The van der Waals surface area contributed by atoms with Crippen molar-refractivity contribution >= 4 is 11.7 Å². The summed E-state index contributed by atoms with van der Waals surface area (Å²) in [7, 11) is 0. The van der Waals surface area contributed by atoms with Crippen LogP contribution in [0.3, 0.4) is 0 Å². The topological polar surface area (TPSA) is 121 Å². The molecule has 0 saturated heterocycles. The molecule has 0 aliphatic rings. The van der Waals surface area contributed by atoms with Gasteiger partial charge in [0.1, 0.15) is 29.3 Å². The lowest BCUT2D eigenvalue weighted by atomic mass is 10.3. The zero-order valence-electron chi connectivity index (χ0n) is 16.3. The summed E-state index contributed by atoms with van der Waals surface area (Å²) < 4.78 is 7.50. The Hall–Kier alpha value is -4.21. The number of anilines is 1. The Kier molecular flexibility index (Phi) is 5.37. The quantitative estimate of drug-likeness (QED) is 0.522. The summed E-state index contributed by atoms with van der Waals surface area (Å²) in [6.45, 7) is 4.06. The summed E-state index contributed by atoms with van der Waals surface area (Å²) in [5.74, 6) is 1.31. The highest BCUT2D eigenvalue weighted by atomic mass is 16.5. The van der Waals surface area contributed by atoms with Crippen molar-refractivity contribution in [2.24, 2.45) is 0 Å². The van der Waals surface area contributed by atoms with E-state index in [-0.39, 0.29) is 11.7 Å². The first-order chi connectivity index (χ1) is 14.6. The van der Waals surface area contributed by atoms with E-state index in [0.29, 0.717) is 29.0 Å². The lowest BCUT2D eigenvalue weighted by Gasteiger charge is -2.10. The van der Waals surface area contributed by atoms with Crippen molar-refractivity contribution in [2.75, 3.05) is 5.32 Å². The van der Waals surface area contributed by atoms with Gasteiger partial charge in [-0.1, -0.05) is 6.07 Å². The normalized spacial score (nSPS) is 10.8. The third-order valence-corrected chi connectivity index (χ3v) is 4.08. The lowest BCUT2D eigenvalue weighted by Crippen LogP contribution is -2.15. The molecule has 0 bridgehead atoms. The highest BCUT2D eigenvalue weighted by Crippen LogP contribution is 2.21. The Bertz CT molecular complexity index is 1160. The van der Waals surface area contributed by atoms with Crippen molar-refractivity contribution in [3.63, 3.8) is 0 Å². The minimum absolute atomic E-state index is 0.175. The Morgan fingerprint density at radius 1 is 1.07 bits per heavy atom. The molecule has 0 atom stereocenters. The predicted octanol–water partition coefficient (Wildman–Crippen LogP) is 3.15. The first kappa shape index (κ1) is 19.1. The smallest absolute Gasteiger partial charge is 0.275 e. The molecule has 30 heavy (non-hydrogen) atoms. The molecule has 10 nitrogen and oxygen atoms in total. The van der Waals surface area contributed by atoms with Crippen LogP contribution in [0.25, 0.3) is 11.5 Å². The summed E-state index contributed by atoms with van der Waals surface area (Å²) in [5.41, 5.74) is 0.778. The highest BCUT2D eigenvalue weighted by Gasteiger charge is 2.14. The summed E-state index contributed by atoms with van der Waals surface area (Å²) in [4.78, 5) is 21.2. The van der Waals surface area contributed by atoms with Crippen molar-refractivity contribution in [2.45, 2.75) is 19.9 Å². The number of rotatable bonds is 6. The average molecular weight is 402 g/mol. The number of carbonyl (C=O) groups excluding carboxylic acids is 1. The van der Waals surface area contributed by atoms with Crippen LogP contribution in [-0.4, -0.2) is 40.8 Å². The predicted molar refractivity (Wildman–Crippen MR) is 108 cm³/mol. The van der Waals surface area contributed by atoms with Gasteiger partial charge in [-0.25, -0.2) is 4.98 Å². The van der Waals surface area contributed by atoms with Crippen molar-refractivity contribution in [1.29, 1.82) is 0 Å². The second-order valence-electron chi connectivity index (χ2n) is 6.56. The number of hydrogen-bond donors (Lipinski definition) is 1. The fourth-order valence-electron chi connectivity index (χ4n) is 2.67. The monoisotopic (exact) mass is 402 g/mol. The maximum atomic E-state index is 12.7. The van der Waals surface area contributed by atoms with Crippen LogP contribution in [0.4, 0.5) is 5.82 Å². The number of pyridine rings is 2. The summed E-state index contributed by atoms with van der Waals surface area (Å²) in [5, 5.41) is 18.4.